The number of carbonyl (C=O) groups excluding carboxylic acids is 2. The smallest absolute Gasteiger partial charge is 0.305 e. The zero-order chi connectivity index (χ0) is 16.7. The Balaban J connectivity index is 1.85. The number of anilines is 1. The summed E-state index contributed by atoms with van der Waals surface area (Å²) < 4.78 is 4.55. The second kappa shape index (κ2) is 8.29. The molecular weight excluding hydrogens is 294 g/mol. The molecule has 0 heterocycles. The van der Waals surface area contributed by atoms with Crippen molar-refractivity contribution < 1.29 is 19.5 Å². The van der Waals surface area contributed by atoms with Gasteiger partial charge in [0.05, 0.1) is 12.8 Å². The van der Waals surface area contributed by atoms with E-state index in [2.05, 4.69) is 4.74 Å². The Hall–Kier alpha value is -2.40. The Morgan fingerprint density at radius 2 is 1.70 bits per heavy atom. The van der Waals surface area contributed by atoms with Crippen molar-refractivity contribution in [2.45, 2.75) is 32.1 Å². The van der Waals surface area contributed by atoms with Crippen LogP contribution in [0.2, 0.25) is 0 Å². The molecule has 1 amide bonds. The van der Waals surface area contributed by atoms with E-state index in [-0.39, 0.29) is 18.3 Å². The molecule has 2 aromatic carbocycles. The van der Waals surface area contributed by atoms with Gasteiger partial charge in [-0.2, -0.15) is 5.06 Å². The molecule has 0 spiro atoms. The van der Waals surface area contributed by atoms with Crippen molar-refractivity contribution in [3.8, 4) is 0 Å². The third-order valence-corrected chi connectivity index (χ3v) is 3.71. The molecule has 5 nitrogen and oxygen atoms in total. The van der Waals surface area contributed by atoms with Gasteiger partial charge in [-0.05, 0) is 35.7 Å². The summed E-state index contributed by atoms with van der Waals surface area (Å²) in [5.41, 5.74) is 0.461. The lowest BCUT2D eigenvalue weighted by molar-refractivity contribution is -0.140. The summed E-state index contributed by atoms with van der Waals surface area (Å²) in [6.07, 6.45) is 2.65. The van der Waals surface area contributed by atoms with Crippen LogP contribution in [-0.2, 0) is 14.3 Å². The molecule has 1 N–H and O–H groups in total. The lowest BCUT2D eigenvalue weighted by Crippen LogP contribution is -2.26. The van der Waals surface area contributed by atoms with Crippen molar-refractivity contribution in [1.29, 1.82) is 0 Å². The summed E-state index contributed by atoms with van der Waals surface area (Å²) in [6.45, 7) is 0. The molecule has 0 aliphatic rings. The van der Waals surface area contributed by atoms with Crippen molar-refractivity contribution in [2.24, 2.45) is 0 Å². The topological polar surface area (TPSA) is 66.8 Å². The van der Waals surface area contributed by atoms with Gasteiger partial charge in [0.15, 0.2) is 0 Å². The average molecular weight is 315 g/mol. The van der Waals surface area contributed by atoms with Gasteiger partial charge in [-0.1, -0.05) is 36.8 Å². The standard InChI is InChI=1S/C18H21NO4/c1-23-18(21)10-4-2-3-9-17(20)19(22)16-12-11-14-7-5-6-8-15(14)13-16/h5-8,11-13,22H,2-4,9-10H2,1H3. The maximum atomic E-state index is 12.0. The number of ether oxygens (including phenoxy) is 1. The summed E-state index contributed by atoms with van der Waals surface area (Å²) >= 11 is 0. The fourth-order valence-electron chi connectivity index (χ4n) is 2.38. The van der Waals surface area contributed by atoms with E-state index in [0.717, 1.165) is 17.2 Å². The Morgan fingerprint density at radius 1 is 1.00 bits per heavy atom. The number of carbonyl (C=O) groups is 2. The van der Waals surface area contributed by atoms with E-state index in [1.807, 2.05) is 30.3 Å². The number of amides is 1. The van der Waals surface area contributed by atoms with Gasteiger partial charge in [-0.25, -0.2) is 0 Å². The number of methoxy groups -OCH3 is 1. The van der Waals surface area contributed by atoms with Crippen LogP contribution in [0, 0.1) is 0 Å². The van der Waals surface area contributed by atoms with Gasteiger partial charge < -0.3 is 4.74 Å². The number of nitrogens with zero attached hydrogens (tertiary/aromatic N) is 1. The summed E-state index contributed by atoms with van der Waals surface area (Å²) in [4.78, 5) is 23.0. The van der Waals surface area contributed by atoms with E-state index < -0.39 is 0 Å². The molecule has 0 saturated heterocycles. The lowest BCUT2D eigenvalue weighted by atomic mass is 10.1. The van der Waals surface area contributed by atoms with Crippen LogP contribution in [0.3, 0.4) is 0 Å². The minimum Gasteiger partial charge on any atom is -0.469 e. The zero-order valence-electron chi connectivity index (χ0n) is 13.2. The maximum Gasteiger partial charge on any atom is 0.305 e. The maximum absolute atomic E-state index is 12.0. The molecule has 2 aromatic rings. The van der Waals surface area contributed by atoms with Gasteiger partial charge in [0.2, 0.25) is 0 Å². The van der Waals surface area contributed by atoms with Gasteiger partial charge in [0.1, 0.15) is 0 Å². The van der Waals surface area contributed by atoms with Gasteiger partial charge in [0.25, 0.3) is 5.91 Å². The minimum absolute atomic E-state index is 0.240. The number of hydrogen-bond donors (Lipinski definition) is 1. The molecule has 0 bridgehead atoms. The van der Waals surface area contributed by atoms with E-state index in [9.17, 15) is 14.8 Å². The van der Waals surface area contributed by atoms with Gasteiger partial charge >= 0.3 is 5.97 Å². The first-order valence-corrected chi connectivity index (χ1v) is 7.69. The molecule has 0 aromatic heterocycles. The number of rotatable bonds is 7. The van der Waals surface area contributed by atoms with E-state index >= 15 is 0 Å². The second-order valence-electron chi connectivity index (χ2n) is 5.37. The van der Waals surface area contributed by atoms with Crippen molar-refractivity contribution in [2.75, 3.05) is 12.2 Å². The highest BCUT2D eigenvalue weighted by molar-refractivity contribution is 5.94. The molecule has 0 radical (unpaired) electrons. The Kier molecular flexibility index (Phi) is 6.11. The molecule has 0 fully saturated rings. The quantitative estimate of drug-likeness (QED) is 0.366. The SMILES string of the molecule is COC(=O)CCCCCC(=O)N(O)c1ccc2ccccc2c1. The van der Waals surface area contributed by atoms with E-state index in [4.69, 9.17) is 0 Å². The molecule has 0 saturated carbocycles. The predicted molar refractivity (Wildman–Crippen MR) is 88.3 cm³/mol. The van der Waals surface area contributed by atoms with Gasteiger partial charge in [-0.3, -0.25) is 14.8 Å². The molecule has 23 heavy (non-hydrogen) atoms. The number of fused-ring (bicyclic) bond motifs is 1. The molecule has 0 unspecified atom stereocenters. The summed E-state index contributed by atoms with van der Waals surface area (Å²) in [6, 6.07) is 13.1. The fraction of sp³-hybridized carbons (Fsp3) is 0.333. The largest absolute Gasteiger partial charge is 0.469 e. The first kappa shape index (κ1) is 17.0. The lowest BCUT2D eigenvalue weighted by Gasteiger charge is -2.15. The predicted octanol–water partition coefficient (Wildman–Crippen LogP) is 3.69. The van der Waals surface area contributed by atoms with E-state index in [1.54, 1.807) is 12.1 Å². The summed E-state index contributed by atoms with van der Waals surface area (Å²) in [5.74, 6) is -0.588. The third kappa shape index (κ3) is 4.79. The molecule has 0 aliphatic heterocycles. The first-order chi connectivity index (χ1) is 11.1. The normalized spacial score (nSPS) is 10.5. The Labute approximate surface area is 135 Å². The number of hydroxylamine groups is 1. The number of esters is 1. The molecule has 122 valence electrons. The van der Waals surface area contributed by atoms with Crippen LogP contribution in [0.5, 0.6) is 0 Å². The first-order valence-electron chi connectivity index (χ1n) is 7.69. The monoisotopic (exact) mass is 315 g/mol. The van der Waals surface area contributed by atoms with Crippen molar-refractivity contribution in [1.82, 2.24) is 0 Å². The van der Waals surface area contributed by atoms with Crippen molar-refractivity contribution in [3.63, 3.8) is 0 Å². The Morgan fingerprint density at radius 3 is 2.43 bits per heavy atom. The van der Waals surface area contributed by atoms with Crippen molar-refractivity contribution >= 4 is 28.3 Å². The number of unbranched alkanes of at least 4 members (excludes halogenated alkanes) is 2. The van der Waals surface area contributed by atoms with Gasteiger partial charge in [-0.15, -0.1) is 0 Å². The molecule has 0 aliphatic carbocycles. The van der Waals surface area contributed by atoms with Crippen molar-refractivity contribution in [3.05, 3.63) is 42.5 Å². The number of benzene rings is 2. The van der Waals surface area contributed by atoms with E-state index in [0.29, 0.717) is 30.0 Å². The van der Waals surface area contributed by atoms with Crippen LogP contribution in [-0.4, -0.2) is 24.2 Å². The highest BCUT2D eigenvalue weighted by atomic mass is 16.5. The molecular formula is C18H21NO4. The molecule has 2 rings (SSSR count). The van der Waals surface area contributed by atoms with Crippen LogP contribution in [0.4, 0.5) is 5.69 Å². The summed E-state index contributed by atoms with van der Waals surface area (Å²) in [5, 5.41) is 12.8. The third-order valence-electron chi connectivity index (χ3n) is 3.71. The van der Waals surface area contributed by atoms with Crippen LogP contribution in [0.25, 0.3) is 10.8 Å². The fourth-order valence-corrected chi connectivity index (χ4v) is 2.38. The highest BCUT2D eigenvalue weighted by Crippen LogP contribution is 2.22. The highest BCUT2D eigenvalue weighted by Gasteiger charge is 2.13. The zero-order valence-corrected chi connectivity index (χ0v) is 13.2. The second-order valence-corrected chi connectivity index (χ2v) is 5.37. The van der Waals surface area contributed by atoms with Gasteiger partial charge in [0, 0.05) is 12.8 Å². The van der Waals surface area contributed by atoms with Crippen LogP contribution >= 0.6 is 0 Å². The minimum atomic E-state index is -0.349. The Bertz CT molecular complexity index is 684. The number of hydrogen-bond acceptors (Lipinski definition) is 4. The molecule has 5 heteroatoms. The van der Waals surface area contributed by atoms with E-state index in [1.165, 1.54) is 7.11 Å². The van der Waals surface area contributed by atoms with Crippen LogP contribution < -0.4 is 5.06 Å². The van der Waals surface area contributed by atoms with Crippen LogP contribution in [0.1, 0.15) is 32.1 Å². The average Bonchev–Trinajstić information content (AvgIpc) is 2.59. The van der Waals surface area contributed by atoms with Crippen LogP contribution in [0.15, 0.2) is 42.5 Å². The molecule has 0 atom stereocenters. The summed E-state index contributed by atoms with van der Waals surface area (Å²) in [7, 11) is 1.36.